The van der Waals surface area contributed by atoms with Crippen LogP contribution in [0.25, 0.3) is 0 Å². The van der Waals surface area contributed by atoms with Gasteiger partial charge in [-0.1, -0.05) is 60.7 Å². The molecule has 0 radical (unpaired) electrons. The van der Waals surface area contributed by atoms with E-state index < -0.39 is 121 Å². The van der Waals surface area contributed by atoms with Crippen LogP contribution >= 0.6 is 0 Å². The monoisotopic (exact) mass is 904 g/mol. The number of rotatable bonds is 18. The van der Waals surface area contributed by atoms with Gasteiger partial charge in [-0.05, 0) is 25.0 Å². The van der Waals surface area contributed by atoms with Crippen molar-refractivity contribution in [2.24, 2.45) is 0 Å². The average molecular weight is 905 g/mol. The zero-order chi connectivity index (χ0) is 46.7. The van der Waals surface area contributed by atoms with Crippen molar-refractivity contribution in [3.8, 4) is 0 Å². The lowest BCUT2D eigenvalue weighted by atomic mass is 9.94. The number of carbonyl (C=O) groups excluding carboxylic acids is 6. The molecule has 0 N–H and O–H groups in total. The first-order valence-electron chi connectivity index (χ1n) is 20.5. The summed E-state index contributed by atoms with van der Waals surface area (Å²) in [5, 5.41) is 0. The van der Waals surface area contributed by atoms with Crippen LogP contribution in [0.3, 0.4) is 0 Å². The van der Waals surface area contributed by atoms with E-state index in [1.54, 1.807) is 43.3 Å². The molecule has 20 nitrogen and oxygen atoms in total. The Morgan fingerprint density at radius 3 is 1.70 bits per heavy atom. The molecule has 2 aromatic rings. The zero-order valence-corrected chi connectivity index (χ0v) is 37.1. The predicted octanol–water partition coefficient (Wildman–Crippen LogP) is 2.62. The molecule has 0 saturated carbocycles. The Hall–Kier alpha value is -5.06. The highest BCUT2D eigenvalue weighted by molar-refractivity contribution is 5.81. The van der Waals surface area contributed by atoms with Crippen LogP contribution in [0.15, 0.2) is 60.7 Å². The quantitative estimate of drug-likeness (QED) is 0.155. The van der Waals surface area contributed by atoms with E-state index in [0.29, 0.717) is 0 Å². The Morgan fingerprint density at radius 2 is 1.17 bits per heavy atom. The van der Waals surface area contributed by atoms with Crippen LogP contribution in [0, 0.1) is 0 Å². The molecular weight excluding hydrogens is 848 g/mol. The number of methoxy groups -OCH3 is 3. The highest BCUT2D eigenvalue weighted by Gasteiger charge is 2.61. The van der Waals surface area contributed by atoms with Gasteiger partial charge in [-0.25, -0.2) is 9.59 Å². The van der Waals surface area contributed by atoms with Gasteiger partial charge in [0, 0.05) is 41.2 Å². The smallest absolute Gasteiger partial charge is 0.366 e. The lowest BCUT2D eigenvalue weighted by Crippen LogP contribution is -2.64. The molecule has 0 amide bonds. The Morgan fingerprint density at radius 1 is 0.641 bits per heavy atom. The number of hydrogen-bond donors (Lipinski definition) is 0. The van der Waals surface area contributed by atoms with Gasteiger partial charge in [-0.2, -0.15) is 0 Å². The van der Waals surface area contributed by atoms with Gasteiger partial charge >= 0.3 is 35.8 Å². The van der Waals surface area contributed by atoms with E-state index in [-0.39, 0.29) is 19.6 Å². The van der Waals surface area contributed by atoms with Gasteiger partial charge in [0.2, 0.25) is 0 Å². The molecule has 0 spiro atoms. The van der Waals surface area contributed by atoms with Crippen molar-refractivity contribution >= 4 is 35.8 Å². The minimum absolute atomic E-state index is 0.0414. The first kappa shape index (κ1) is 49.9. The normalized spacial score (nSPS) is 31.8. The third-order valence-corrected chi connectivity index (χ3v) is 10.5. The van der Waals surface area contributed by atoms with Crippen molar-refractivity contribution in [1.29, 1.82) is 0 Å². The average Bonchev–Trinajstić information content (AvgIpc) is 3.60. The van der Waals surface area contributed by atoms with E-state index in [0.717, 1.165) is 46.1 Å². The van der Waals surface area contributed by atoms with Crippen molar-refractivity contribution in [1.82, 2.24) is 0 Å². The molecule has 352 valence electrons. The minimum Gasteiger partial charge on any atom is -0.467 e. The summed E-state index contributed by atoms with van der Waals surface area (Å²) in [5.41, 5.74) is 1.45. The van der Waals surface area contributed by atoms with Gasteiger partial charge in [0.1, 0.15) is 30.5 Å². The van der Waals surface area contributed by atoms with Crippen LogP contribution in [0.1, 0.15) is 59.1 Å². The molecule has 14 atom stereocenters. The first-order chi connectivity index (χ1) is 30.5. The summed E-state index contributed by atoms with van der Waals surface area (Å²) in [4.78, 5) is 76.9. The van der Waals surface area contributed by atoms with Crippen molar-refractivity contribution in [3.63, 3.8) is 0 Å². The maximum atomic E-state index is 13.7. The second-order valence-corrected chi connectivity index (χ2v) is 15.2. The van der Waals surface area contributed by atoms with E-state index >= 15 is 0 Å². The van der Waals surface area contributed by atoms with E-state index in [2.05, 4.69) is 0 Å². The molecule has 2 aromatic carbocycles. The Balaban J connectivity index is 1.63. The second-order valence-electron chi connectivity index (χ2n) is 15.2. The van der Waals surface area contributed by atoms with E-state index in [9.17, 15) is 28.8 Å². The third kappa shape index (κ3) is 12.4. The summed E-state index contributed by atoms with van der Waals surface area (Å²) in [6, 6.07) is 18.1. The molecule has 3 aliphatic heterocycles. The van der Waals surface area contributed by atoms with Crippen LogP contribution in [-0.2, 0) is 108 Å². The van der Waals surface area contributed by atoms with Crippen LogP contribution in [0.2, 0.25) is 0 Å². The number of ether oxygens (including phenoxy) is 14. The summed E-state index contributed by atoms with van der Waals surface area (Å²) >= 11 is 0. The zero-order valence-electron chi connectivity index (χ0n) is 37.1. The fraction of sp³-hybridized carbons (Fsp3) is 0.591. The summed E-state index contributed by atoms with van der Waals surface area (Å²) in [7, 11) is 3.42. The molecule has 0 aliphatic carbocycles. The molecule has 0 bridgehead atoms. The highest BCUT2D eigenvalue weighted by Crippen LogP contribution is 2.41. The standard InChI is InChI=1S/C44H56O20/c1-23(56-25(3)45)32-35(55-22-30-18-14-11-15-19-30)38(63-41-39(60-28(6)48)36(59-27(5)47)33(24(2)57-41)58-26(4)46)42(61-32)62-34-31(54-21-29-16-12-10-13-17-29)20-44(53-9,43(50)52-8)64-37(34)40(49)51-7/h10-19,23-24,31-39,41-42H,20-22H2,1-9H3/t23-,24-,31+,32-,33+,34+,35+,36+,37-,38+,39+,41-,42+,44+/m0/s1. The van der Waals surface area contributed by atoms with Gasteiger partial charge in [0.15, 0.2) is 37.0 Å². The van der Waals surface area contributed by atoms with Crippen LogP contribution < -0.4 is 0 Å². The largest absolute Gasteiger partial charge is 0.467 e. The van der Waals surface area contributed by atoms with Crippen LogP contribution in [0.4, 0.5) is 0 Å². The Kier molecular flexibility index (Phi) is 17.7. The summed E-state index contributed by atoms with van der Waals surface area (Å²) in [5.74, 6) is -7.19. The number of esters is 6. The van der Waals surface area contributed by atoms with Gasteiger partial charge < -0.3 is 66.3 Å². The van der Waals surface area contributed by atoms with Crippen molar-refractivity contribution in [3.05, 3.63) is 71.8 Å². The maximum Gasteiger partial charge on any atom is 0.366 e. The van der Waals surface area contributed by atoms with E-state index in [1.165, 1.54) is 21.0 Å². The Labute approximate surface area is 370 Å². The van der Waals surface area contributed by atoms with Crippen LogP contribution in [0.5, 0.6) is 0 Å². The molecule has 0 unspecified atom stereocenters. The summed E-state index contributed by atoms with van der Waals surface area (Å²) in [6.07, 6.45) is -18.3. The van der Waals surface area contributed by atoms with Gasteiger partial charge in [-0.3, -0.25) is 19.2 Å². The minimum atomic E-state index is -2.18. The van der Waals surface area contributed by atoms with Crippen molar-refractivity contribution in [2.75, 3.05) is 21.3 Å². The molecule has 3 saturated heterocycles. The molecule has 64 heavy (non-hydrogen) atoms. The lowest BCUT2D eigenvalue weighted by molar-refractivity contribution is -0.346. The number of carbonyl (C=O) groups is 6. The highest BCUT2D eigenvalue weighted by atomic mass is 16.8. The predicted molar refractivity (Wildman–Crippen MR) is 214 cm³/mol. The van der Waals surface area contributed by atoms with Gasteiger partial charge in [0.25, 0.3) is 5.79 Å². The van der Waals surface area contributed by atoms with Gasteiger partial charge in [-0.15, -0.1) is 0 Å². The molecule has 0 aromatic heterocycles. The van der Waals surface area contributed by atoms with Crippen molar-refractivity contribution < 1.29 is 95.1 Å². The second kappa shape index (κ2) is 22.7. The fourth-order valence-electron chi connectivity index (χ4n) is 7.74. The molecule has 5 rings (SSSR count). The Bertz CT molecular complexity index is 1900. The first-order valence-corrected chi connectivity index (χ1v) is 20.5. The lowest BCUT2D eigenvalue weighted by Gasteiger charge is -2.46. The SMILES string of the molecule is COC(=O)[C@H]1O[C@@](OC)(C(=O)OC)C[C@@H](OCc2ccccc2)[C@H]1O[C@H]1O[C@@H]([C@H](C)OC(C)=O)[C@@H](OCc2ccccc2)[C@H]1O[C@@H]1O[C@@H](C)[C@@H](OC(C)=O)[C@@H](OC(C)=O)[C@H]1OC(C)=O. The van der Waals surface area contributed by atoms with E-state index in [4.69, 9.17) is 66.3 Å². The third-order valence-electron chi connectivity index (χ3n) is 10.5. The van der Waals surface area contributed by atoms with Crippen molar-refractivity contribution in [2.45, 2.75) is 147 Å². The van der Waals surface area contributed by atoms with E-state index in [1.807, 2.05) is 24.3 Å². The number of hydrogen-bond acceptors (Lipinski definition) is 20. The summed E-state index contributed by atoms with van der Waals surface area (Å²) in [6.45, 7) is 7.58. The number of benzene rings is 2. The molecule has 3 fully saturated rings. The topological polar surface area (TPSA) is 232 Å². The van der Waals surface area contributed by atoms with Crippen LogP contribution in [-0.4, -0.2) is 143 Å². The molecule has 20 heteroatoms. The molecule has 3 aliphatic rings. The summed E-state index contributed by atoms with van der Waals surface area (Å²) < 4.78 is 83.5. The fourth-order valence-corrected chi connectivity index (χ4v) is 7.74. The molecular formula is C44H56O20. The molecule has 3 heterocycles. The maximum absolute atomic E-state index is 13.7. The van der Waals surface area contributed by atoms with Gasteiger partial charge in [0.05, 0.1) is 39.6 Å².